The molecule has 1 N–H and O–H groups in total. The Kier molecular flexibility index (Phi) is 4.37. The molecule has 0 amide bonds. The Morgan fingerprint density at radius 2 is 1.90 bits per heavy atom. The van der Waals surface area contributed by atoms with Crippen LogP contribution in [0.4, 0.5) is 0 Å². The number of hydrogen-bond acceptors (Lipinski definition) is 1. The first-order valence-corrected chi connectivity index (χ1v) is 8.06. The van der Waals surface area contributed by atoms with Crippen LogP contribution in [0.5, 0.6) is 0 Å². The zero-order valence-corrected chi connectivity index (χ0v) is 12.4. The fourth-order valence-corrected chi connectivity index (χ4v) is 3.46. The molecule has 3 rings (SSSR count). The third-order valence-corrected chi connectivity index (χ3v) is 4.77. The second-order valence-electron chi connectivity index (χ2n) is 6.20. The molecule has 1 aliphatic rings. The van der Waals surface area contributed by atoms with E-state index in [1.54, 1.807) is 0 Å². The lowest BCUT2D eigenvalue weighted by Gasteiger charge is -2.29. The van der Waals surface area contributed by atoms with Crippen molar-refractivity contribution in [3.8, 4) is 0 Å². The van der Waals surface area contributed by atoms with Crippen LogP contribution in [-0.4, -0.2) is 6.04 Å². The molecule has 0 radical (unpaired) electrons. The lowest BCUT2D eigenvalue weighted by atomic mass is 9.84. The van der Waals surface area contributed by atoms with Gasteiger partial charge in [-0.25, -0.2) is 0 Å². The molecule has 1 nitrogen and oxygen atoms in total. The van der Waals surface area contributed by atoms with Gasteiger partial charge >= 0.3 is 0 Å². The molecule has 0 heterocycles. The second-order valence-corrected chi connectivity index (χ2v) is 6.20. The van der Waals surface area contributed by atoms with Crippen molar-refractivity contribution < 1.29 is 0 Å². The Morgan fingerprint density at radius 1 is 1.05 bits per heavy atom. The number of benzene rings is 2. The van der Waals surface area contributed by atoms with Crippen molar-refractivity contribution in [1.82, 2.24) is 5.32 Å². The number of rotatable bonds is 4. The van der Waals surface area contributed by atoms with Crippen LogP contribution in [0.3, 0.4) is 0 Å². The molecule has 1 heteroatoms. The summed E-state index contributed by atoms with van der Waals surface area (Å²) >= 11 is 0. The quantitative estimate of drug-likeness (QED) is 0.831. The van der Waals surface area contributed by atoms with Gasteiger partial charge in [0.05, 0.1) is 0 Å². The summed E-state index contributed by atoms with van der Waals surface area (Å²) in [6.45, 7) is 3.34. The van der Waals surface area contributed by atoms with Gasteiger partial charge in [-0.2, -0.15) is 0 Å². The largest absolute Gasteiger partial charge is 0.310 e. The summed E-state index contributed by atoms with van der Waals surface area (Å²) in [5.74, 6) is 0.942. The predicted molar refractivity (Wildman–Crippen MR) is 86.8 cm³/mol. The minimum Gasteiger partial charge on any atom is -0.310 e. The summed E-state index contributed by atoms with van der Waals surface area (Å²) in [5, 5.41) is 6.45. The molecule has 1 aliphatic carbocycles. The minimum atomic E-state index is 0.722. The zero-order valence-electron chi connectivity index (χ0n) is 12.4. The molecule has 2 unspecified atom stereocenters. The topological polar surface area (TPSA) is 12.0 Å². The van der Waals surface area contributed by atoms with Crippen molar-refractivity contribution in [1.29, 1.82) is 0 Å². The Balaban J connectivity index is 1.61. The fraction of sp³-hybridized carbons (Fsp3) is 0.474. The highest BCUT2D eigenvalue weighted by Crippen LogP contribution is 2.26. The number of fused-ring (bicyclic) bond motifs is 1. The molecule has 0 bridgehead atoms. The second kappa shape index (κ2) is 6.41. The van der Waals surface area contributed by atoms with Gasteiger partial charge in [0.25, 0.3) is 0 Å². The summed E-state index contributed by atoms with van der Waals surface area (Å²) in [6, 6.07) is 16.1. The molecule has 1 saturated carbocycles. The van der Waals surface area contributed by atoms with Gasteiger partial charge in [-0.05, 0) is 41.2 Å². The Hall–Kier alpha value is -1.34. The number of hydrogen-bond donors (Lipinski definition) is 1. The van der Waals surface area contributed by atoms with Crippen molar-refractivity contribution in [3.63, 3.8) is 0 Å². The third kappa shape index (κ3) is 3.21. The third-order valence-electron chi connectivity index (χ3n) is 4.77. The lowest BCUT2D eigenvalue weighted by molar-refractivity contribution is 0.278. The monoisotopic (exact) mass is 267 g/mol. The summed E-state index contributed by atoms with van der Waals surface area (Å²) in [4.78, 5) is 0. The fourth-order valence-electron chi connectivity index (χ4n) is 3.46. The summed E-state index contributed by atoms with van der Waals surface area (Å²) in [7, 11) is 0. The van der Waals surface area contributed by atoms with E-state index in [1.165, 1.54) is 48.4 Å². The molecule has 0 aliphatic heterocycles. The van der Waals surface area contributed by atoms with E-state index < -0.39 is 0 Å². The van der Waals surface area contributed by atoms with Gasteiger partial charge in [-0.15, -0.1) is 0 Å². The molecular formula is C19H25N. The molecule has 1 fully saturated rings. The van der Waals surface area contributed by atoms with Crippen LogP contribution in [-0.2, 0) is 6.54 Å². The minimum absolute atomic E-state index is 0.722. The first kappa shape index (κ1) is 13.6. The molecule has 106 valence electrons. The van der Waals surface area contributed by atoms with E-state index in [-0.39, 0.29) is 0 Å². The van der Waals surface area contributed by atoms with Crippen LogP contribution in [0.15, 0.2) is 42.5 Å². The van der Waals surface area contributed by atoms with E-state index in [2.05, 4.69) is 54.7 Å². The van der Waals surface area contributed by atoms with E-state index in [0.29, 0.717) is 0 Å². The van der Waals surface area contributed by atoms with E-state index >= 15 is 0 Å². The molecule has 20 heavy (non-hydrogen) atoms. The van der Waals surface area contributed by atoms with Gasteiger partial charge in [0.1, 0.15) is 0 Å². The van der Waals surface area contributed by atoms with Crippen LogP contribution in [0, 0.1) is 5.92 Å². The molecule has 0 saturated heterocycles. The normalized spacial score (nSPS) is 23.1. The van der Waals surface area contributed by atoms with Gasteiger partial charge in [-0.3, -0.25) is 0 Å². The maximum Gasteiger partial charge on any atom is 0.0208 e. The van der Waals surface area contributed by atoms with Gasteiger partial charge in [0.2, 0.25) is 0 Å². The highest BCUT2D eigenvalue weighted by Gasteiger charge is 2.19. The van der Waals surface area contributed by atoms with E-state index in [1.807, 2.05) is 0 Å². The van der Waals surface area contributed by atoms with Crippen LogP contribution < -0.4 is 5.32 Å². The maximum atomic E-state index is 3.77. The highest BCUT2D eigenvalue weighted by molar-refractivity contribution is 5.82. The molecule has 2 atom stereocenters. The van der Waals surface area contributed by atoms with Crippen molar-refractivity contribution >= 4 is 10.8 Å². The highest BCUT2D eigenvalue weighted by atomic mass is 14.9. The van der Waals surface area contributed by atoms with E-state index in [4.69, 9.17) is 0 Å². The van der Waals surface area contributed by atoms with Crippen LogP contribution in [0.25, 0.3) is 10.8 Å². The average Bonchev–Trinajstić information content (AvgIpc) is 2.53. The van der Waals surface area contributed by atoms with Crippen LogP contribution in [0.1, 0.15) is 44.6 Å². The summed E-state index contributed by atoms with van der Waals surface area (Å²) in [5.41, 5.74) is 1.40. The SMILES string of the molecule is CCC1CCCC(NCc2ccc3ccccc3c2)C1. The van der Waals surface area contributed by atoms with Crippen molar-refractivity contribution in [2.75, 3.05) is 0 Å². The average molecular weight is 267 g/mol. The standard InChI is InChI=1S/C19H25N/c1-2-15-6-5-9-19(13-15)20-14-16-10-11-17-7-3-4-8-18(17)12-16/h3-4,7-8,10-12,15,19-20H,2,5-6,9,13-14H2,1H3. The molecule has 2 aromatic rings. The lowest BCUT2D eigenvalue weighted by Crippen LogP contribution is -2.33. The maximum absolute atomic E-state index is 3.77. The Labute approximate surface area is 122 Å². The van der Waals surface area contributed by atoms with Crippen LogP contribution >= 0.6 is 0 Å². The van der Waals surface area contributed by atoms with Crippen molar-refractivity contribution in [3.05, 3.63) is 48.0 Å². The van der Waals surface area contributed by atoms with Gasteiger partial charge in [0, 0.05) is 12.6 Å². The first-order valence-electron chi connectivity index (χ1n) is 8.06. The van der Waals surface area contributed by atoms with Gasteiger partial charge in [-0.1, -0.05) is 62.6 Å². The first-order chi connectivity index (χ1) is 9.85. The van der Waals surface area contributed by atoms with Crippen molar-refractivity contribution in [2.24, 2.45) is 5.92 Å². The Bertz CT molecular complexity index is 560. The summed E-state index contributed by atoms with van der Waals surface area (Å²) < 4.78 is 0. The number of nitrogens with one attached hydrogen (secondary N) is 1. The smallest absolute Gasteiger partial charge is 0.0208 e. The van der Waals surface area contributed by atoms with Crippen LogP contribution in [0.2, 0.25) is 0 Å². The summed E-state index contributed by atoms with van der Waals surface area (Å²) in [6.07, 6.45) is 6.89. The van der Waals surface area contributed by atoms with Gasteiger partial charge in [0.15, 0.2) is 0 Å². The molecule has 0 spiro atoms. The predicted octanol–water partition coefficient (Wildman–Crippen LogP) is 4.90. The molecular weight excluding hydrogens is 242 g/mol. The molecule has 0 aromatic heterocycles. The van der Waals surface area contributed by atoms with E-state index in [9.17, 15) is 0 Å². The van der Waals surface area contributed by atoms with Crippen molar-refractivity contribution in [2.45, 2.75) is 51.6 Å². The Morgan fingerprint density at radius 3 is 2.75 bits per heavy atom. The molecule has 2 aromatic carbocycles. The zero-order chi connectivity index (χ0) is 13.8. The van der Waals surface area contributed by atoms with E-state index in [0.717, 1.165) is 18.5 Å². The van der Waals surface area contributed by atoms with Gasteiger partial charge < -0.3 is 5.32 Å².